The monoisotopic (exact) mass is 142 g/mol. The van der Waals surface area contributed by atoms with Crippen molar-refractivity contribution in [2.45, 2.75) is 25.9 Å². The van der Waals surface area contributed by atoms with Crippen LogP contribution in [0.1, 0.15) is 20.3 Å². The minimum absolute atomic E-state index is 0.230. The molecular weight excluding hydrogens is 128 g/mol. The molecule has 1 amide bonds. The molecule has 0 heterocycles. The van der Waals surface area contributed by atoms with E-state index in [2.05, 4.69) is 11.9 Å². The molecule has 3 N–H and O–H groups in total. The van der Waals surface area contributed by atoms with Gasteiger partial charge in [0.25, 0.3) is 0 Å². The van der Waals surface area contributed by atoms with Crippen LogP contribution in [0.25, 0.3) is 0 Å². The Bertz CT molecular complexity index is 141. The number of carbonyl (C=O) groups is 1. The zero-order chi connectivity index (χ0) is 8.20. The topological polar surface area (TPSA) is 55.1 Å². The van der Waals surface area contributed by atoms with Crippen molar-refractivity contribution in [2.24, 2.45) is 5.73 Å². The van der Waals surface area contributed by atoms with Crippen molar-refractivity contribution in [3.05, 3.63) is 12.7 Å². The summed E-state index contributed by atoms with van der Waals surface area (Å²) < 4.78 is 0. The Hall–Kier alpha value is -0.830. The van der Waals surface area contributed by atoms with E-state index in [4.69, 9.17) is 5.73 Å². The molecule has 0 aliphatic carbocycles. The average molecular weight is 142 g/mol. The summed E-state index contributed by atoms with van der Waals surface area (Å²) in [6.07, 6.45) is 1.91. The van der Waals surface area contributed by atoms with Crippen LogP contribution in [0.15, 0.2) is 12.7 Å². The normalized spacial score (nSPS) is 15.5. The molecule has 0 saturated carbocycles. The average Bonchev–Trinajstić information content (AvgIpc) is 1.87. The SMILES string of the molecule is C=CC(=O)NC(C)(N)CC. The fourth-order valence-electron chi connectivity index (χ4n) is 0.421. The number of carbonyl (C=O) groups excluding carboxylic acids is 1. The molecule has 0 radical (unpaired) electrons. The molecule has 0 aromatic carbocycles. The Balaban J connectivity index is 3.87. The first-order valence-electron chi connectivity index (χ1n) is 3.25. The summed E-state index contributed by atoms with van der Waals surface area (Å²) in [4.78, 5) is 10.7. The van der Waals surface area contributed by atoms with Gasteiger partial charge >= 0.3 is 0 Å². The summed E-state index contributed by atoms with van der Waals surface area (Å²) in [5.74, 6) is -0.230. The number of hydrogen-bond donors (Lipinski definition) is 2. The number of hydrogen-bond acceptors (Lipinski definition) is 2. The molecule has 1 atom stereocenters. The van der Waals surface area contributed by atoms with Crippen molar-refractivity contribution in [1.29, 1.82) is 0 Å². The number of amides is 1. The van der Waals surface area contributed by atoms with E-state index in [1.807, 2.05) is 6.92 Å². The van der Waals surface area contributed by atoms with E-state index < -0.39 is 5.66 Å². The molecule has 0 aromatic rings. The largest absolute Gasteiger partial charge is 0.335 e. The van der Waals surface area contributed by atoms with Gasteiger partial charge in [0.1, 0.15) is 0 Å². The molecule has 0 aliphatic heterocycles. The molecule has 0 spiro atoms. The highest BCUT2D eigenvalue weighted by atomic mass is 16.1. The minimum atomic E-state index is -0.606. The Morgan fingerprint density at radius 3 is 2.70 bits per heavy atom. The van der Waals surface area contributed by atoms with Crippen LogP contribution < -0.4 is 11.1 Å². The first kappa shape index (κ1) is 9.17. The molecule has 58 valence electrons. The van der Waals surface area contributed by atoms with E-state index in [1.54, 1.807) is 6.92 Å². The Morgan fingerprint density at radius 2 is 2.40 bits per heavy atom. The second-order valence-corrected chi connectivity index (χ2v) is 2.46. The second-order valence-electron chi connectivity index (χ2n) is 2.46. The predicted molar refractivity (Wildman–Crippen MR) is 41.2 cm³/mol. The van der Waals surface area contributed by atoms with Crippen LogP contribution in [-0.2, 0) is 4.79 Å². The summed E-state index contributed by atoms with van der Waals surface area (Å²) in [5, 5.41) is 2.58. The van der Waals surface area contributed by atoms with E-state index in [0.29, 0.717) is 6.42 Å². The van der Waals surface area contributed by atoms with Gasteiger partial charge in [-0.3, -0.25) is 4.79 Å². The summed E-state index contributed by atoms with van der Waals surface area (Å²) in [6, 6.07) is 0. The van der Waals surface area contributed by atoms with E-state index in [9.17, 15) is 4.79 Å². The van der Waals surface area contributed by atoms with Gasteiger partial charge < -0.3 is 11.1 Å². The third-order valence-corrected chi connectivity index (χ3v) is 1.33. The van der Waals surface area contributed by atoms with Crippen molar-refractivity contribution >= 4 is 5.91 Å². The van der Waals surface area contributed by atoms with Crippen LogP contribution in [0.5, 0.6) is 0 Å². The van der Waals surface area contributed by atoms with Gasteiger partial charge in [0.05, 0.1) is 5.66 Å². The lowest BCUT2D eigenvalue weighted by Crippen LogP contribution is -2.52. The first-order valence-corrected chi connectivity index (χ1v) is 3.25. The molecule has 3 nitrogen and oxygen atoms in total. The quantitative estimate of drug-likeness (QED) is 0.442. The Kier molecular flexibility index (Phi) is 3.09. The maximum Gasteiger partial charge on any atom is 0.244 e. The highest BCUT2D eigenvalue weighted by Crippen LogP contribution is 1.98. The van der Waals surface area contributed by atoms with Crippen molar-refractivity contribution < 1.29 is 4.79 Å². The Labute approximate surface area is 61.3 Å². The molecule has 10 heavy (non-hydrogen) atoms. The van der Waals surface area contributed by atoms with Crippen LogP contribution >= 0.6 is 0 Å². The van der Waals surface area contributed by atoms with E-state index in [0.717, 1.165) is 0 Å². The summed E-state index contributed by atoms with van der Waals surface area (Å²) in [7, 11) is 0. The van der Waals surface area contributed by atoms with Gasteiger partial charge in [0.15, 0.2) is 0 Å². The maximum absolute atomic E-state index is 10.7. The van der Waals surface area contributed by atoms with E-state index in [-0.39, 0.29) is 5.91 Å². The Morgan fingerprint density at radius 1 is 1.90 bits per heavy atom. The van der Waals surface area contributed by atoms with Crippen LogP contribution in [0.3, 0.4) is 0 Å². The molecule has 1 unspecified atom stereocenters. The highest BCUT2D eigenvalue weighted by Gasteiger charge is 2.15. The zero-order valence-electron chi connectivity index (χ0n) is 6.48. The highest BCUT2D eigenvalue weighted by molar-refractivity contribution is 5.87. The molecule has 0 rings (SSSR count). The molecule has 0 saturated heterocycles. The lowest BCUT2D eigenvalue weighted by molar-refractivity contribution is -0.118. The molecule has 0 aliphatic rings. The van der Waals surface area contributed by atoms with Crippen LogP contribution in [0, 0.1) is 0 Å². The van der Waals surface area contributed by atoms with Gasteiger partial charge in [-0.1, -0.05) is 13.5 Å². The second kappa shape index (κ2) is 3.37. The maximum atomic E-state index is 10.7. The third-order valence-electron chi connectivity index (χ3n) is 1.33. The number of nitrogens with one attached hydrogen (secondary N) is 1. The van der Waals surface area contributed by atoms with Gasteiger partial charge in [-0.25, -0.2) is 0 Å². The standard InChI is InChI=1S/C7H14N2O/c1-4-6(10)9-7(3,8)5-2/h4H,1,5,8H2,2-3H3,(H,9,10). The molecule has 3 heteroatoms. The van der Waals surface area contributed by atoms with E-state index >= 15 is 0 Å². The molecule has 0 aromatic heterocycles. The summed E-state index contributed by atoms with van der Waals surface area (Å²) in [6.45, 7) is 6.98. The van der Waals surface area contributed by atoms with Gasteiger partial charge in [-0.05, 0) is 19.4 Å². The first-order chi connectivity index (χ1) is 4.52. The van der Waals surface area contributed by atoms with Crippen LogP contribution in [-0.4, -0.2) is 11.6 Å². The number of rotatable bonds is 3. The third kappa shape index (κ3) is 3.25. The van der Waals surface area contributed by atoms with E-state index in [1.165, 1.54) is 6.08 Å². The summed E-state index contributed by atoms with van der Waals surface area (Å²) in [5.41, 5.74) is 5.01. The van der Waals surface area contributed by atoms with Gasteiger partial charge in [-0.2, -0.15) is 0 Å². The van der Waals surface area contributed by atoms with Crippen molar-refractivity contribution in [1.82, 2.24) is 5.32 Å². The number of nitrogens with two attached hydrogens (primary N) is 1. The molecular formula is C7H14N2O. The molecule has 0 bridgehead atoms. The lowest BCUT2D eigenvalue weighted by atomic mass is 10.1. The van der Waals surface area contributed by atoms with Crippen molar-refractivity contribution in [3.8, 4) is 0 Å². The van der Waals surface area contributed by atoms with Crippen LogP contribution in [0.4, 0.5) is 0 Å². The van der Waals surface area contributed by atoms with Gasteiger partial charge in [-0.15, -0.1) is 0 Å². The fourth-order valence-corrected chi connectivity index (χ4v) is 0.421. The minimum Gasteiger partial charge on any atom is -0.335 e. The predicted octanol–water partition coefficient (Wildman–Crippen LogP) is 0.373. The fraction of sp³-hybridized carbons (Fsp3) is 0.571. The van der Waals surface area contributed by atoms with Gasteiger partial charge in [0.2, 0.25) is 5.91 Å². The summed E-state index contributed by atoms with van der Waals surface area (Å²) >= 11 is 0. The zero-order valence-corrected chi connectivity index (χ0v) is 6.48. The molecule has 0 fully saturated rings. The van der Waals surface area contributed by atoms with Crippen LogP contribution in [0.2, 0.25) is 0 Å². The van der Waals surface area contributed by atoms with Gasteiger partial charge in [0, 0.05) is 0 Å². The van der Waals surface area contributed by atoms with Crippen molar-refractivity contribution in [3.63, 3.8) is 0 Å². The smallest absolute Gasteiger partial charge is 0.244 e. The lowest BCUT2D eigenvalue weighted by Gasteiger charge is -2.23. The van der Waals surface area contributed by atoms with Crippen molar-refractivity contribution in [2.75, 3.05) is 0 Å².